The van der Waals surface area contributed by atoms with Gasteiger partial charge < -0.3 is 24.3 Å². The van der Waals surface area contributed by atoms with Gasteiger partial charge in [-0.25, -0.2) is 12.8 Å². The second-order valence-corrected chi connectivity index (χ2v) is 10.1. The standard InChI is InChI=1S/C25H24FN3O7S/c26-19-9-4-5-10-20(19)36-17-22(30)28-12-14-29(15-13-28)25(32)24(27-23(31)21-11-6-16-35-21)37(33,34)18-7-2-1-3-8-18/h1-11,16,24H,12-15,17H2,(H,27,31)/t24-/m1/s1. The molecule has 1 atom stereocenters. The van der Waals surface area contributed by atoms with Crippen molar-refractivity contribution in [2.45, 2.75) is 10.3 Å². The van der Waals surface area contributed by atoms with Gasteiger partial charge in [-0.15, -0.1) is 0 Å². The van der Waals surface area contributed by atoms with Crippen LogP contribution in [0.2, 0.25) is 0 Å². The quantitative estimate of drug-likeness (QED) is 0.471. The summed E-state index contributed by atoms with van der Waals surface area (Å²) in [6.45, 7) is -0.118. The summed E-state index contributed by atoms with van der Waals surface area (Å²) < 4.78 is 50.7. The summed E-state index contributed by atoms with van der Waals surface area (Å²) >= 11 is 0. The molecule has 12 heteroatoms. The third-order valence-electron chi connectivity index (χ3n) is 5.75. The van der Waals surface area contributed by atoms with Gasteiger partial charge >= 0.3 is 0 Å². The molecule has 0 unspecified atom stereocenters. The van der Waals surface area contributed by atoms with Gasteiger partial charge in [-0.2, -0.15) is 0 Å². The van der Waals surface area contributed by atoms with Crippen LogP contribution >= 0.6 is 0 Å². The minimum absolute atomic E-state index is 0.0295. The molecule has 2 aromatic carbocycles. The molecule has 10 nitrogen and oxygen atoms in total. The lowest BCUT2D eigenvalue weighted by molar-refractivity contribution is -0.140. The van der Waals surface area contributed by atoms with Crippen LogP contribution in [0.15, 0.2) is 82.3 Å². The van der Waals surface area contributed by atoms with E-state index in [0.29, 0.717) is 0 Å². The van der Waals surface area contributed by atoms with E-state index in [-0.39, 0.29) is 49.2 Å². The molecule has 1 aliphatic heterocycles. The number of rotatable bonds is 8. The summed E-state index contributed by atoms with van der Waals surface area (Å²) in [5, 5.41) is 0.381. The average molecular weight is 530 g/mol. The van der Waals surface area contributed by atoms with E-state index in [1.807, 2.05) is 0 Å². The average Bonchev–Trinajstić information content (AvgIpc) is 3.46. The maximum atomic E-state index is 13.7. The number of benzene rings is 2. The number of para-hydroxylation sites is 1. The molecule has 1 fully saturated rings. The molecule has 4 rings (SSSR count). The Balaban J connectivity index is 1.43. The number of furan rings is 1. The van der Waals surface area contributed by atoms with Crippen LogP contribution < -0.4 is 10.1 Å². The topological polar surface area (TPSA) is 126 Å². The molecule has 1 N–H and O–H groups in total. The number of nitrogens with zero attached hydrogens (tertiary/aromatic N) is 2. The number of halogens is 1. The third-order valence-corrected chi connectivity index (χ3v) is 7.61. The molecule has 0 radical (unpaired) electrons. The molecule has 194 valence electrons. The molecule has 2 heterocycles. The van der Waals surface area contributed by atoms with Crippen LogP contribution in [0, 0.1) is 5.82 Å². The van der Waals surface area contributed by atoms with Gasteiger partial charge in [-0.3, -0.25) is 14.4 Å². The Morgan fingerprint density at radius 2 is 1.57 bits per heavy atom. The van der Waals surface area contributed by atoms with Crippen molar-refractivity contribution in [3.63, 3.8) is 0 Å². The summed E-state index contributed by atoms with van der Waals surface area (Å²) in [7, 11) is -4.31. The summed E-state index contributed by atoms with van der Waals surface area (Å²) in [5.41, 5.74) is 0. The lowest BCUT2D eigenvalue weighted by Gasteiger charge is -2.36. The minimum atomic E-state index is -4.31. The van der Waals surface area contributed by atoms with Crippen LogP contribution in [0.5, 0.6) is 5.75 Å². The SMILES string of the molecule is O=C(N[C@@H](C(=O)N1CCN(C(=O)COc2ccccc2F)CC1)S(=O)(=O)c1ccccc1)c1ccco1. The monoisotopic (exact) mass is 529 g/mol. The highest BCUT2D eigenvalue weighted by Crippen LogP contribution is 2.19. The molecular weight excluding hydrogens is 505 g/mol. The number of hydrogen-bond acceptors (Lipinski definition) is 7. The lowest BCUT2D eigenvalue weighted by Crippen LogP contribution is -2.58. The van der Waals surface area contributed by atoms with Gasteiger partial charge in [0.2, 0.25) is 15.2 Å². The molecule has 37 heavy (non-hydrogen) atoms. The fourth-order valence-electron chi connectivity index (χ4n) is 3.75. The molecule has 3 amide bonds. The first-order chi connectivity index (χ1) is 17.8. The number of ether oxygens (including phenoxy) is 1. The Hall–Kier alpha value is -4.19. The Morgan fingerprint density at radius 3 is 2.22 bits per heavy atom. The van der Waals surface area contributed by atoms with Crippen molar-refractivity contribution in [2.75, 3.05) is 32.8 Å². The number of carbonyl (C=O) groups excluding carboxylic acids is 3. The first-order valence-electron chi connectivity index (χ1n) is 11.3. The van der Waals surface area contributed by atoms with Crippen LogP contribution in [0.4, 0.5) is 4.39 Å². The van der Waals surface area contributed by atoms with Crippen molar-refractivity contribution in [1.29, 1.82) is 0 Å². The van der Waals surface area contributed by atoms with Crippen LogP contribution in [0.3, 0.4) is 0 Å². The van der Waals surface area contributed by atoms with Crippen molar-refractivity contribution < 1.29 is 36.3 Å². The van der Waals surface area contributed by atoms with E-state index in [2.05, 4.69) is 5.32 Å². The summed E-state index contributed by atoms with van der Waals surface area (Å²) in [6, 6.07) is 15.8. The Kier molecular flexibility index (Phi) is 7.87. The van der Waals surface area contributed by atoms with E-state index in [1.54, 1.807) is 12.1 Å². The van der Waals surface area contributed by atoms with Crippen LogP contribution in [-0.2, 0) is 19.4 Å². The predicted molar refractivity (Wildman–Crippen MR) is 129 cm³/mol. The van der Waals surface area contributed by atoms with Gasteiger partial charge in [0.05, 0.1) is 11.2 Å². The third kappa shape index (κ3) is 5.97. The van der Waals surface area contributed by atoms with Crippen molar-refractivity contribution in [3.05, 3.63) is 84.6 Å². The highest BCUT2D eigenvalue weighted by atomic mass is 32.2. The largest absolute Gasteiger partial charge is 0.481 e. The van der Waals surface area contributed by atoms with E-state index in [1.165, 1.54) is 70.7 Å². The zero-order valence-corrected chi connectivity index (χ0v) is 20.4. The van der Waals surface area contributed by atoms with Gasteiger partial charge in [0.15, 0.2) is 23.9 Å². The Bertz CT molecular complexity index is 1360. The zero-order chi connectivity index (χ0) is 26.4. The van der Waals surface area contributed by atoms with Gasteiger partial charge in [0.1, 0.15) is 0 Å². The van der Waals surface area contributed by atoms with E-state index in [4.69, 9.17) is 9.15 Å². The van der Waals surface area contributed by atoms with Crippen molar-refractivity contribution in [2.24, 2.45) is 0 Å². The van der Waals surface area contributed by atoms with Gasteiger partial charge in [0, 0.05) is 26.2 Å². The van der Waals surface area contributed by atoms with E-state index in [9.17, 15) is 27.2 Å². The molecule has 1 aromatic heterocycles. The Labute approximate surface area is 212 Å². The van der Waals surface area contributed by atoms with Gasteiger partial charge in [-0.1, -0.05) is 30.3 Å². The highest BCUT2D eigenvalue weighted by molar-refractivity contribution is 7.92. The fourth-order valence-corrected chi connectivity index (χ4v) is 5.24. The fraction of sp³-hybridized carbons (Fsp3) is 0.240. The van der Waals surface area contributed by atoms with Crippen molar-refractivity contribution in [1.82, 2.24) is 15.1 Å². The summed E-state index contributed by atoms with van der Waals surface area (Å²) in [5.74, 6) is -2.89. The Morgan fingerprint density at radius 1 is 0.919 bits per heavy atom. The molecule has 3 aromatic rings. The smallest absolute Gasteiger partial charge is 0.288 e. The first-order valence-corrected chi connectivity index (χ1v) is 12.9. The second-order valence-electron chi connectivity index (χ2n) is 8.11. The number of piperazine rings is 1. The number of sulfone groups is 1. The summed E-state index contributed by atoms with van der Waals surface area (Å²) in [4.78, 5) is 41.1. The van der Waals surface area contributed by atoms with Crippen LogP contribution in [0.1, 0.15) is 10.6 Å². The van der Waals surface area contributed by atoms with E-state index >= 15 is 0 Å². The highest BCUT2D eigenvalue weighted by Gasteiger charge is 2.40. The number of carbonyl (C=O) groups is 3. The molecule has 0 saturated carbocycles. The maximum Gasteiger partial charge on any atom is 0.288 e. The van der Waals surface area contributed by atoms with Gasteiger partial charge in [-0.05, 0) is 36.4 Å². The van der Waals surface area contributed by atoms with E-state index < -0.39 is 38.7 Å². The molecule has 0 aliphatic carbocycles. The number of amides is 3. The number of nitrogens with one attached hydrogen (secondary N) is 1. The zero-order valence-electron chi connectivity index (χ0n) is 19.6. The lowest BCUT2D eigenvalue weighted by atomic mass is 10.3. The van der Waals surface area contributed by atoms with Crippen LogP contribution in [0.25, 0.3) is 0 Å². The molecule has 1 aliphatic rings. The normalized spacial score (nSPS) is 14.6. The molecule has 0 bridgehead atoms. The maximum absolute atomic E-state index is 13.7. The van der Waals surface area contributed by atoms with Gasteiger partial charge in [0.25, 0.3) is 17.7 Å². The van der Waals surface area contributed by atoms with E-state index in [0.717, 1.165) is 0 Å². The molecular formula is C25H24FN3O7S. The molecule has 0 spiro atoms. The molecule has 1 saturated heterocycles. The van der Waals surface area contributed by atoms with Crippen molar-refractivity contribution in [3.8, 4) is 5.75 Å². The van der Waals surface area contributed by atoms with Crippen LogP contribution in [-0.4, -0.2) is 74.1 Å². The minimum Gasteiger partial charge on any atom is -0.481 e. The predicted octanol–water partition coefficient (Wildman–Crippen LogP) is 1.70. The second kappa shape index (κ2) is 11.2. The summed E-state index contributed by atoms with van der Waals surface area (Å²) in [6.07, 6.45) is 1.25. The van der Waals surface area contributed by atoms with Crippen molar-refractivity contribution >= 4 is 27.6 Å². The number of hydrogen-bond donors (Lipinski definition) is 1. The first kappa shape index (κ1) is 25.9.